The number of alkyl halides is 6. The summed E-state index contributed by atoms with van der Waals surface area (Å²) in [5, 5.41) is 7.55. The third kappa shape index (κ3) is 2.25. The Bertz CT molecular complexity index is 381. The number of hydrogen-bond donors (Lipinski definition) is 1. The molecule has 1 heterocycles. The predicted octanol–water partition coefficient (Wildman–Crippen LogP) is 3.02. The largest absolute Gasteiger partial charge is 0.433 e. The van der Waals surface area contributed by atoms with Crippen molar-refractivity contribution in [2.24, 2.45) is 0 Å². The van der Waals surface area contributed by atoms with Crippen molar-refractivity contribution in [2.45, 2.75) is 31.3 Å². The lowest BCUT2D eigenvalue weighted by Crippen LogP contribution is -2.53. The number of aliphatic hydroxyl groups is 1. The number of halogens is 6. The zero-order valence-corrected chi connectivity index (χ0v) is 9.17. The minimum absolute atomic E-state index is 0.192. The van der Waals surface area contributed by atoms with Gasteiger partial charge in [0, 0.05) is 11.1 Å². The molecule has 0 spiro atoms. The van der Waals surface area contributed by atoms with Gasteiger partial charge in [0.15, 0.2) is 0 Å². The SMILES string of the molecule is CCc1cnc(C(O)(C(F)(F)F)C(F)(F)F)s1. The molecule has 0 aliphatic carbocycles. The average Bonchev–Trinajstić information content (AvgIpc) is 2.61. The number of hydrogen-bond acceptors (Lipinski definition) is 3. The number of rotatable bonds is 2. The molecule has 1 N–H and O–H groups in total. The minimum Gasteiger partial charge on any atom is -0.368 e. The van der Waals surface area contributed by atoms with Gasteiger partial charge in [-0.15, -0.1) is 11.3 Å². The van der Waals surface area contributed by atoms with Crippen LogP contribution in [0.4, 0.5) is 26.3 Å². The Hall–Kier alpha value is -0.830. The van der Waals surface area contributed by atoms with Gasteiger partial charge in [0.25, 0.3) is 0 Å². The van der Waals surface area contributed by atoms with Gasteiger partial charge in [-0.25, -0.2) is 4.98 Å². The van der Waals surface area contributed by atoms with Crippen molar-refractivity contribution < 1.29 is 31.4 Å². The van der Waals surface area contributed by atoms with Crippen LogP contribution < -0.4 is 0 Å². The van der Waals surface area contributed by atoms with Gasteiger partial charge in [0.05, 0.1) is 0 Å². The van der Waals surface area contributed by atoms with Crippen LogP contribution in [0.3, 0.4) is 0 Å². The van der Waals surface area contributed by atoms with Crippen molar-refractivity contribution in [2.75, 3.05) is 0 Å². The van der Waals surface area contributed by atoms with E-state index in [0.717, 1.165) is 6.20 Å². The van der Waals surface area contributed by atoms with E-state index in [1.165, 1.54) is 0 Å². The van der Waals surface area contributed by atoms with E-state index in [2.05, 4.69) is 4.98 Å². The Labute approximate surface area is 95.9 Å². The van der Waals surface area contributed by atoms with E-state index in [1.807, 2.05) is 0 Å². The van der Waals surface area contributed by atoms with Gasteiger partial charge in [-0.1, -0.05) is 6.92 Å². The number of aromatic nitrogens is 1. The van der Waals surface area contributed by atoms with Crippen molar-refractivity contribution in [3.05, 3.63) is 16.1 Å². The molecular formula is C8H7F6NOS. The third-order valence-electron chi connectivity index (χ3n) is 2.03. The van der Waals surface area contributed by atoms with Gasteiger partial charge in [-0.2, -0.15) is 26.3 Å². The zero-order chi connectivity index (χ0) is 13.5. The molecule has 0 unspecified atom stereocenters. The monoisotopic (exact) mass is 279 g/mol. The van der Waals surface area contributed by atoms with Crippen LogP contribution in [-0.4, -0.2) is 22.4 Å². The fourth-order valence-corrected chi connectivity index (χ4v) is 2.02. The molecule has 0 aliphatic heterocycles. The second-order valence-electron chi connectivity index (χ2n) is 3.19. The van der Waals surface area contributed by atoms with Crippen molar-refractivity contribution >= 4 is 11.3 Å². The maximum Gasteiger partial charge on any atom is 0.433 e. The van der Waals surface area contributed by atoms with Crippen LogP contribution in [0.5, 0.6) is 0 Å². The molecule has 1 rings (SSSR count). The number of nitrogens with zero attached hydrogens (tertiary/aromatic N) is 1. The first-order valence-corrected chi connectivity index (χ1v) is 5.16. The standard InChI is InChI=1S/C8H7F6NOS/c1-2-4-3-15-5(17-4)6(16,7(9,10)11)8(12,13)14/h3,16H,2H2,1H3. The molecule has 17 heavy (non-hydrogen) atoms. The normalized spacial score (nSPS) is 14.1. The van der Waals surface area contributed by atoms with E-state index in [0.29, 0.717) is 0 Å². The summed E-state index contributed by atoms with van der Waals surface area (Å²) in [7, 11) is 0. The number of aryl methyl sites for hydroxylation is 1. The first-order valence-electron chi connectivity index (χ1n) is 4.35. The van der Waals surface area contributed by atoms with E-state index in [4.69, 9.17) is 5.11 Å². The highest BCUT2D eigenvalue weighted by Crippen LogP contribution is 2.50. The third-order valence-corrected chi connectivity index (χ3v) is 3.28. The van der Waals surface area contributed by atoms with Crippen LogP contribution in [-0.2, 0) is 12.0 Å². The summed E-state index contributed by atoms with van der Waals surface area (Å²) in [4.78, 5) is 3.25. The summed E-state index contributed by atoms with van der Waals surface area (Å²) in [6.07, 6.45) is -10.6. The Morgan fingerprint density at radius 2 is 1.65 bits per heavy atom. The van der Waals surface area contributed by atoms with Crippen LogP contribution >= 0.6 is 11.3 Å². The van der Waals surface area contributed by atoms with Crippen LogP contribution in [0, 0.1) is 0 Å². The summed E-state index contributed by atoms with van der Waals surface area (Å²) >= 11 is 0.192. The quantitative estimate of drug-likeness (QED) is 0.844. The minimum atomic E-state index is -5.87. The van der Waals surface area contributed by atoms with Gasteiger partial charge in [0.1, 0.15) is 5.01 Å². The lowest BCUT2D eigenvalue weighted by Gasteiger charge is -2.30. The van der Waals surface area contributed by atoms with E-state index < -0.39 is 23.0 Å². The van der Waals surface area contributed by atoms with Crippen LogP contribution in [0.15, 0.2) is 6.20 Å². The fraction of sp³-hybridized carbons (Fsp3) is 0.625. The molecule has 0 radical (unpaired) electrons. The lowest BCUT2D eigenvalue weighted by molar-refractivity contribution is -0.376. The summed E-state index contributed by atoms with van der Waals surface area (Å²) < 4.78 is 74.4. The van der Waals surface area contributed by atoms with Crippen molar-refractivity contribution in [1.82, 2.24) is 4.98 Å². The maximum absolute atomic E-state index is 12.4. The highest BCUT2D eigenvalue weighted by atomic mass is 32.1. The van der Waals surface area contributed by atoms with E-state index >= 15 is 0 Å². The van der Waals surface area contributed by atoms with Crippen molar-refractivity contribution in [3.63, 3.8) is 0 Å². The topological polar surface area (TPSA) is 33.1 Å². The van der Waals surface area contributed by atoms with Crippen molar-refractivity contribution in [1.29, 1.82) is 0 Å². The van der Waals surface area contributed by atoms with Gasteiger partial charge in [0.2, 0.25) is 0 Å². The molecule has 0 saturated carbocycles. The van der Waals surface area contributed by atoms with Crippen LogP contribution in [0.25, 0.3) is 0 Å². The highest BCUT2D eigenvalue weighted by Gasteiger charge is 2.73. The second kappa shape index (κ2) is 4.13. The molecular weight excluding hydrogens is 272 g/mol. The molecule has 1 aromatic rings. The fourth-order valence-electron chi connectivity index (χ4n) is 1.04. The Morgan fingerprint density at radius 3 is 1.94 bits per heavy atom. The smallest absolute Gasteiger partial charge is 0.368 e. The molecule has 0 bridgehead atoms. The maximum atomic E-state index is 12.4. The first-order chi connectivity index (χ1) is 7.54. The van der Waals surface area contributed by atoms with Gasteiger partial charge >= 0.3 is 18.0 Å². The molecule has 2 nitrogen and oxygen atoms in total. The summed E-state index contributed by atoms with van der Waals surface area (Å²) in [5.41, 5.74) is -4.90. The van der Waals surface area contributed by atoms with E-state index in [1.54, 1.807) is 6.92 Å². The number of thiazole rings is 1. The van der Waals surface area contributed by atoms with Gasteiger partial charge in [-0.05, 0) is 6.42 Å². The summed E-state index contributed by atoms with van der Waals surface area (Å²) in [6.45, 7) is 1.55. The van der Waals surface area contributed by atoms with Crippen molar-refractivity contribution in [3.8, 4) is 0 Å². The zero-order valence-electron chi connectivity index (χ0n) is 8.35. The summed E-state index contributed by atoms with van der Waals surface area (Å²) in [6, 6.07) is 0. The van der Waals surface area contributed by atoms with Crippen LogP contribution in [0.1, 0.15) is 16.8 Å². The average molecular weight is 279 g/mol. The highest BCUT2D eigenvalue weighted by molar-refractivity contribution is 7.11. The van der Waals surface area contributed by atoms with Crippen LogP contribution in [0.2, 0.25) is 0 Å². The van der Waals surface area contributed by atoms with Gasteiger partial charge < -0.3 is 5.11 Å². The Balaban J connectivity index is 3.35. The molecule has 0 atom stereocenters. The Morgan fingerprint density at radius 1 is 1.18 bits per heavy atom. The molecule has 0 aliphatic rings. The summed E-state index contributed by atoms with van der Waals surface area (Å²) in [5.74, 6) is 0. The first kappa shape index (κ1) is 14.2. The molecule has 0 fully saturated rings. The molecule has 0 amide bonds. The molecule has 0 saturated heterocycles. The predicted molar refractivity (Wildman–Crippen MR) is 47.5 cm³/mol. The molecule has 9 heteroatoms. The van der Waals surface area contributed by atoms with Gasteiger partial charge in [-0.3, -0.25) is 0 Å². The molecule has 1 aromatic heterocycles. The van der Waals surface area contributed by atoms with E-state index in [-0.39, 0.29) is 22.6 Å². The van der Waals surface area contributed by atoms with E-state index in [9.17, 15) is 26.3 Å². The lowest BCUT2D eigenvalue weighted by atomic mass is 10.0. The Kier molecular flexibility index (Phi) is 3.45. The second-order valence-corrected chi connectivity index (χ2v) is 4.31. The molecule has 98 valence electrons. The molecule has 0 aromatic carbocycles.